The second-order valence-electron chi connectivity index (χ2n) is 8.70. The average molecular weight is 463 g/mol. The van der Waals surface area contributed by atoms with Gasteiger partial charge < -0.3 is 20.3 Å². The molecule has 0 saturated carbocycles. The SMILES string of the molecule is Cc1cccc(/C=N/Nc2nc(N3CCOCC3)c3cc(C(=O)NC4CCNCC4)cn3n2)c1. The number of piperidine rings is 1. The third-order valence-corrected chi connectivity index (χ3v) is 6.11. The highest BCUT2D eigenvalue weighted by molar-refractivity contribution is 5.96. The number of anilines is 2. The lowest BCUT2D eigenvalue weighted by Gasteiger charge is -2.28. The van der Waals surface area contributed by atoms with Crippen molar-refractivity contribution in [2.75, 3.05) is 49.7 Å². The molecule has 5 rings (SSSR count). The van der Waals surface area contributed by atoms with Gasteiger partial charge in [-0.3, -0.25) is 4.79 Å². The minimum Gasteiger partial charge on any atom is -0.378 e. The summed E-state index contributed by atoms with van der Waals surface area (Å²) in [4.78, 5) is 19.8. The Kier molecular flexibility index (Phi) is 6.68. The number of nitrogens with one attached hydrogen (secondary N) is 3. The first kappa shape index (κ1) is 22.3. The van der Waals surface area contributed by atoms with Gasteiger partial charge in [0.2, 0.25) is 0 Å². The molecule has 10 heteroatoms. The topological polar surface area (TPSA) is 108 Å². The number of carbonyl (C=O) groups excluding carboxylic acids is 1. The molecular formula is C24H30N8O2. The lowest BCUT2D eigenvalue weighted by molar-refractivity contribution is 0.0929. The quantitative estimate of drug-likeness (QED) is 0.379. The van der Waals surface area contributed by atoms with Crippen LogP contribution in [0, 0.1) is 6.92 Å². The molecule has 1 aromatic carbocycles. The first-order valence-electron chi connectivity index (χ1n) is 11.8. The molecule has 178 valence electrons. The molecule has 1 amide bonds. The van der Waals surface area contributed by atoms with E-state index in [0.29, 0.717) is 24.7 Å². The molecule has 4 heterocycles. The van der Waals surface area contributed by atoms with Gasteiger partial charge in [0.15, 0.2) is 5.82 Å². The van der Waals surface area contributed by atoms with Crippen molar-refractivity contribution in [3.63, 3.8) is 0 Å². The maximum absolute atomic E-state index is 12.9. The van der Waals surface area contributed by atoms with E-state index in [-0.39, 0.29) is 11.9 Å². The Morgan fingerprint density at radius 2 is 2.06 bits per heavy atom. The monoisotopic (exact) mass is 462 g/mol. The molecule has 34 heavy (non-hydrogen) atoms. The number of carbonyl (C=O) groups is 1. The van der Waals surface area contributed by atoms with E-state index in [0.717, 1.165) is 55.9 Å². The lowest BCUT2D eigenvalue weighted by atomic mass is 10.1. The predicted octanol–water partition coefficient (Wildman–Crippen LogP) is 1.80. The van der Waals surface area contributed by atoms with E-state index in [9.17, 15) is 4.79 Å². The largest absolute Gasteiger partial charge is 0.378 e. The van der Waals surface area contributed by atoms with Crippen LogP contribution in [-0.2, 0) is 4.74 Å². The fourth-order valence-electron chi connectivity index (χ4n) is 4.31. The normalized spacial score (nSPS) is 17.4. The fourth-order valence-corrected chi connectivity index (χ4v) is 4.31. The zero-order valence-electron chi connectivity index (χ0n) is 19.3. The second kappa shape index (κ2) is 10.2. The smallest absolute Gasteiger partial charge is 0.263 e. The summed E-state index contributed by atoms with van der Waals surface area (Å²) < 4.78 is 7.22. The Morgan fingerprint density at radius 1 is 1.24 bits per heavy atom. The van der Waals surface area contributed by atoms with Crippen molar-refractivity contribution < 1.29 is 9.53 Å². The number of hydrogen-bond acceptors (Lipinski definition) is 8. The molecule has 10 nitrogen and oxygen atoms in total. The van der Waals surface area contributed by atoms with E-state index in [1.165, 1.54) is 5.56 Å². The Labute approximate surface area is 198 Å². The minimum absolute atomic E-state index is 0.0858. The maximum atomic E-state index is 12.9. The van der Waals surface area contributed by atoms with Gasteiger partial charge in [0.25, 0.3) is 11.9 Å². The van der Waals surface area contributed by atoms with E-state index in [4.69, 9.17) is 9.72 Å². The van der Waals surface area contributed by atoms with Gasteiger partial charge in [-0.1, -0.05) is 29.8 Å². The first-order valence-corrected chi connectivity index (χ1v) is 11.8. The Bertz CT molecular complexity index is 1180. The average Bonchev–Trinajstić information content (AvgIpc) is 3.29. The zero-order valence-corrected chi connectivity index (χ0v) is 19.3. The zero-order chi connectivity index (χ0) is 23.3. The molecule has 2 saturated heterocycles. The second-order valence-corrected chi connectivity index (χ2v) is 8.70. The molecule has 0 spiro atoms. The summed E-state index contributed by atoms with van der Waals surface area (Å²) in [6.07, 6.45) is 5.37. The molecule has 2 aromatic heterocycles. The standard InChI is InChI=1S/C24H30N8O2/c1-17-3-2-4-18(13-17)15-26-29-24-28-22(31-9-11-34-12-10-31)21-14-19(16-32(21)30-24)23(33)27-20-5-7-25-8-6-20/h2-4,13-16,20,25H,5-12H2,1H3,(H,27,33)(H,29,30)/b26-15+. The molecular weight excluding hydrogens is 432 g/mol. The number of nitrogens with zero attached hydrogens (tertiary/aromatic N) is 5. The van der Waals surface area contributed by atoms with Crippen LogP contribution in [0.1, 0.15) is 34.3 Å². The van der Waals surface area contributed by atoms with Crippen LogP contribution in [0.4, 0.5) is 11.8 Å². The van der Waals surface area contributed by atoms with Gasteiger partial charge >= 0.3 is 0 Å². The molecule has 2 aliphatic heterocycles. The summed E-state index contributed by atoms with van der Waals surface area (Å²) in [5.74, 6) is 1.03. The Hall–Kier alpha value is -3.50. The number of hydrogen-bond donors (Lipinski definition) is 3. The number of amides is 1. The molecule has 0 radical (unpaired) electrons. The van der Waals surface area contributed by atoms with E-state index in [2.05, 4.69) is 31.2 Å². The molecule has 0 atom stereocenters. The third kappa shape index (κ3) is 5.18. The Balaban J connectivity index is 1.41. The van der Waals surface area contributed by atoms with E-state index >= 15 is 0 Å². The number of ether oxygens (including phenoxy) is 1. The molecule has 2 aliphatic rings. The van der Waals surface area contributed by atoms with Crippen molar-refractivity contribution in [2.24, 2.45) is 5.10 Å². The molecule has 3 N–H and O–H groups in total. The van der Waals surface area contributed by atoms with E-state index < -0.39 is 0 Å². The number of fused-ring (bicyclic) bond motifs is 1. The van der Waals surface area contributed by atoms with Crippen LogP contribution >= 0.6 is 0 Å². The van der Waals surface area contributed by atoms with Crippen molar-refractivity contribution in [3.05, 3.63) is 53.2 Å². The molecule has 0 aliphatic carbocycles. The van der Waals surface area contributed by atoms with Crippen molar-refractivity contribution in [1.82, 2.24) is 25.2 Å². The highest BCUT2D eigenvalue weighted by Crippen LogP contribution is 2.24. The van der Waals surface area contributed by atoms with Crippen LogP contribution in [0.2, 0.25) is 0 Å². The minimum atomic E-state index is -0.0858. The Morgan fingerprint density at radius 3 is 2.85 bits per heavy atom. The van der Waals surface area contributed by atoms with Gasteiger partial charge in [-0.2, -0.15) is 10.1 Å². The van der Waals surface area contributed by atoms with Gasteiger partial charge in [0.1, 0.15) is 5.52 Å². The number of hydrazone groups is 1. The van der Waals surface area contributed by atoms with Crippen LogP contribution in [0.25, 0.3) is 5.52 Å². The van der Waals surface area contributed by atoms with Crippen molar-refractivity contribution in [3.8, 4) is 0 Å². The van der Waals surface area contributed by atoms with Crippen LogP contribution in [-0.4, -0.2) is 72.2 Å². The van der Waals surface area contributed by atoms with Crippen molar-refractivity contribution in [2.45, 2.75) is 25.8 Å². The molecule has 0 bridgehead atoms. The fraction of sp³-hybridized carbons (Fsp3) is 0.417. The van der Waals surface area contributed by atoms with Gasteiger partial charge in [-0.05, 0) is 44.5 Å². The third-order valence-electron chi connectivity index (χ3n) is 6.11. The van der Waals surface area contributed by atoms with Gasteiger partial charge in [0.05, 0.1) is 25.0 Å². The van der Waals surface area contributed by atoms with E-state index in [1.54, 1.807) is 16.9 Å². The number of benzene rings is 1. The summed E-state index contributed by atoms with van der Waals surface area (Å²) in [6, 6.07) is 10.1. The van der Waals surface area contributed by atoms with Crippen molar-refractivity contribution >= 4 is 29.4 Å². The predicted molar refractivity (Wildman–Crippen MR) is 132 cm³/mol. The summed E-state index contributed by atoms with van der Waals surface area (Å²) in [5, 5.41) is 15.4. The van der Waals surface area contributed by atoms with E-state index in [1.807, 2.05) is 37.3 Å². The van der Waals surface area contributed by atoms with Gasteiger partial charge in [0, 0.05) is 25.3 Å². The molecule has 0 unspecified atom stereocenters. The van der Waals surface area contributed by atoms with Crippen LogP contribution in [0.15, 0.2) is 41.6 Å². The summed E-state index contributed by atoms with van der Waals surface area (Å²) in [7, 11) is 0. The first-order chi connectivity index (χ1) is 16.7. The number of aromatic nitrogens is 3. The van der Waals surface area contributed by atoms with Crippen LogP contribution < -0.4 is 21.0 Å². The van der Waals surface area contributed by atoms with Gasteiger partial charge in [-0.25, -0.2) is 9.94 Å². The molecule has 2 fully saturated rings. The molecule has 3 aromatic rings. The highest BCUT2D eigenvalue weighted by atomic mass is 16.5. The summed E-state index contributed by atoms with van der Waals surface area (Å²) >= 11 is 0. The summed E-state index contributed by atoms with van der Waals surface area (Å²) in [6.45, 7) is 6.60. The van der Waals surface area contributed by atoms with Crippen LogP contribution in [0.3, 0.4) is 0 Å². The lowest BCUT2D eigenvalue weighted by Crippen LogP contribution is -2.42. The highest BCUT2D eigenvalue weighted by Gasteiger charge is 2.22. The summed E-state index contributed by atoms with van der Waals surface area (Å²) in [5.41, 5.74) is 6.46. The number of rotatable bonds is 6. The van der Waals surface area contributed by atoms with Crippen LogP contribution in [0.5, 0.6) is 0 Å². The number of morpholine rings is 1. The van der Waals surface area contributed by atoms with Crippen molar-refractivity contribution in [1.29, 1.82) is 0 Å². The number of aryl methyl sites for hydroxylation is 1. The maximum Gasteiger partial charge on any atom is 0.263 e. The van der Waals surface area contributed by atoms with Gasteiger partial charge in [-0.15, -0.1) is 5.10 Å².